The van der Waals surface area contributed by atoms with Crippen molar-refractivity contribution in [3.63, 3.8) is 0 Å². The van der Waals surface area contributed by atoms with Crippen LogP contribution >= 0.6 is 0 Å². The molecule has 26 heavy (non-hydrogen) atoms. The van der Waals surface area contributed by atoms with E-state index >= 15 is 0 Å². The van der Waals surface area contributed by atoms with E-state index in [-0.39, 0.29) is 5.41 Å². The second-order valence-electron chi connectivity index (χ2n) is 13.1. The zero-order valence-corrected chi connectivity index (χ0v) is 28.9. The molecule has 0 aliphatic carbocycles. The zero-order chi connectivity index (χ0) is 21.0. The Kier molecular flexibility index (Phi) is 5.38. The van der Waals surface area contributed by atoms with Crippen LogP contribution in [0.4, 0.5) is 0 Å². The van der Waals surface area contributed by atoms with Crippen LogP contribution in [0.25, 0.3) is 0 Å². The average molecular weight is 503 g/mol. The minimum atomic E-state index is -1.82. The summed E-state index contributed by atoms with van der Waals surface area (Å²) in [6.07, 6.45) is -1.21. The molecule has 0 aromatic heterocycles. The monoisotopic (exact) mass is 502 g/mol. The largest absolute Gasteiger partial charge is 0.306 e. The maximum absolute atomic E-state index is 14.4. The summed E-state index contributed by atoms with van der Waals surface area (Å²) in [6, 6.07) is 0. The lowest BCUT2D eigenvalue weighted by molar-refractivity contribution is -0.118. The van der Waals surface area contributed by atoms with E-state index in [2.05, 4.69) is 92.8 Å². The van der Waals surface area contributed by atoms with Crippen molar-refractivity contribution in [3.05, 3.63) is 0 Å². The fourth-order valence-electron chi connectivity index (χ4n) is 7.50. The van der Waals surface area contributed by atoms with Gasteiger partial charge in [0.05, 0.1) is 6.63 Å². The third-order valence-corrected chi connectivity index (χ3v) is 248. The molecule has 1 nitrogen and oxygen atoms in total. The van der Waals surface area contributed by atoms with Crippen LogP contribution in [0.1, 0.15) is 20.8 Å². The second kappa shape index (κ2) is 5.86. The van der Waals surface area contributed by atoms with E-state index in [9.17, 15) is 4.79 Å². The lowest BCUT2D eigenvalue weighted by Crippen LogP contribution is -3.14. The number of hydrogen-bond donors (Lipinski definition) is 0. The quantitative estimate of drug-likeness (QED) is 0.519. The third-order valence-electron chi connectivity index (χ3n) is 9.46. The Balaban J connectivity index is 3.02. The van der Waals surface area contributed by atoms with Crippen molar-refractivity contribution in [1.29, 1.82) is 0 Å². The summed E-state index contributed by atoms with van der Waals surface area (Å²) >= 11 is 0. The molecular weight excluding hydrogens is 461 g/mol. The van der Waals surface area contributed by atoms with Crippen LogP contribution in [0, 0.1) is 5.41 Å². The maximum atomic E-state index is 14.4. The smallest absolute Gasteiger partial charge is 0.108 e. The third kappa shape index (κ3) is 2.22. The zero-order valence-electron chi connectivity index (χ0n) is 19.9. The number of rotatable bonds is 2. The Bertz CT molecular complexity index is 609. The first-order chi connectivity index (χ1) is 11.1. The first-order valence-corrected chi connectivity index (χ1v) is 41.7. The van der Waals surface area contributed by atoms with Crippen molar-refractivity contribution in [2.24, 2.45) is 5.41 Å². The molecule has 2 bridgehead atoms. The lowest BCUT2D eigenvalue weighted by atomic mass is 9.99. The van der Waals surface area contributed by atoms with Crippen molar-refractivity contribution >= 4 is 71.3 Å². The van der Waals surface area contributed by atoms with E-state index in [1.165, 1.54) is 8.55 Å². The van der Waals surface area contributed by atoms with E-state index in [1.807, 2.05) is 0 Å². The van der Waals surface area contributed by atoms with Crippen LogP contribution in [-0.2, 0) is 4.79 Å². The molecule has 4 radical (unpaired) electrons. The van der Waals surface area contributed by atoms with Crippen LogP contribution in [0.3, 0.4) is 0 Å². The predicted molar refractivity (Wildman–Crippen MR) is 141 cm³/mol. The highest BCUT2D eigenvalue weighted by atomic mass is 30.5. The van der Waals surface area contributed by atoms with Gasteiger partial charge in [-0.3, -0.25) is 0 Å². The summed E-state index contributed by atoms with van der Waals surface area (Å²) in [5, 5.41) is 0.864. The molecule has 0 aromatic carbocycles. The van der Waals surface area contributed by atoms with Gasteiger partial charge in [-0.1, -0.05) is 92.8 Å². The molecule has 10 heteroatoms. The molecule has 3 aliphatic heterocycles. The van der Waals surface area contributed by atoms with Gasteiger partial charge in [-0.05, 0) is 0 Å². The Morgan fingerprint density at radius 2 is 1.04 bits per heavy atom. The summed E-state index contributed by atoms with van der Waals surface area (Å²) in [7, 11) is -4.33. The molecule has 148 valence electrons. The SMILES string of the molecule is CC(C)(C)C(=O)[Si]12[Si][Si][Si]([Si](C)(C)C)([Si](C)(C)[Si]1(C)C)[Si](C)(C)[Si]2(C)C. The first kappa shape index (κ1) is 23.9. The van der Waals surface area contributed by atoms with Gasteiger partial charge in [0, 0.05) is 64.7 Å². The minimum absolute atomic E-state index is 0.106. The van der Waals surface area contributed by atoms with Gasteiger partial charge in [-0.25, -0.2) is 0 Å². The lowest BCUT2D eigenvalue weighted by Gasteiger charge is -2.81. The molecule has 0 atom stereocenters. The molecule has 0 N–H and O–H groups in total. The van der Waals surface area contributed by atoms with Crippen LogP contribution in [-0.4, -0.2) is 71.3 Å². The molecule has 3 aliphatic rings. The van der Waals surface area contributed by atoms with Crippen molar-refractivity contribution in [1.82, 2.24) is 0 Å². The van der Waals surface area contributed by atoms with Crippen LogP contribution < -0.4 is 0 Å². The Morgan fingerprint density at radius 1 is 0.692 bits per heavy atom. The molecule has 3 heterocycles. The van der Waals surface area contributed by atoms with Crippen molar-refractivity contribution in [2.45, 2.75) is 92.8 Å². The van der Waals surface area contributed by atoms with E-state index in [0.29, 0.717) is 0 Å². The molecule has 3 rings (SSSR count). The summed E-state index contributed by atoms with van der Waals surface area (Å²) in [4.78, 5) is 14.4. The molecular formula is C16H42OSi9. The van der Waals surface area contributed by atoms with Crippen molar-refractivity contribution in [3.8, 4) is 0 Å². The van der Waals surface area contributed by atoms with Gasteiger partial charge in [0.25, 0.3) is 0 Å². The standard InChI is InChI=1S/C16H42OSi9/c1-16(2,3)15(17)25-18-19-26(20(4,5)6,23(11,12)21(25,7)8)24(13,14)22(25,9)10/h1-14H3. The van der Waals surface area contributed by atoms with Gasteiger partial charge in [0.15, 0.2) is 0 Å². The maximum Gasteiger partial charge on any atom is 0.108 e. The van der Waals surface area contributed by atoms with Crippen LogP contribution in [0.15, 0.2) is 0 Å². The molecule has 0 amide bonds. The predicted octanol–water partition coefficient (Wildman–Crippen LogP) is 4.10. The molecule has 0 spiro atoms. The molecule has 0 aromatic rings. The van der Waals surface area contributed by atoms with Crippen molar-refractivity contribution < 1.29 is 4.79 Å². The van der Waals surface area contributed by atoms with Gasteiger partial charge >= 0.3 is 0 Å². The van der Waals surface area contributed by atoms with E-state index in [4.69, 9.17) is 0 Å². The average Bonchev–Trinajstić information content (AvgIpc) is 2.36. The fraction of sp³-hybridized carbons (Fsp3) is 0.938. The summed E-state index contributed by atoms with van der Waals surface area (Å²) in [6.45, 7) is 36.0. The second-order valence-corrected chi connectivity index (χ2v) is 110. The fourth-order valence-corrected chi connectivity index (χ4v) is 483. The number of fused-ring (bicyclic) bond motifs is 3. The summed E-state index contributed by atoms with van der Waals surface area (Å²) < 4.78 is 0. The summed E-state index contributed by atoms with van der Waals surface area (Å²) in [5.74, 6) is 0. The number of carbonyl (C=O) groups excluding carboxylic acids is 1. The molecule has 3 fully saturated rings. The Hall–Kier alpha value is 1.62. The van der Waals surface area contributed by atoms with Gasteiger partial charge in [0.1, 0.15) is 5.41 Å². The molecule has 3 saturated heterocycles. The normalized spacial score (nSPS) is 37.5. The van der Waals surface area contributed by atoms with Gasteiger partial charge < -0.3 is 4.79 Å². The Morgan fingerprint density at radius 3 is 1.31 bits per heavy atom. The van der Waals surface area contributed by atoms with E-state index in [1.54, 1.807) is 0 Å². The summed E-state index contributed by atoms with van der Waals surface area (Å²) in [5.41, 5.74) is -0.106. The number of hydrogen-bond acceptors (Lipinski definition) is 1. The molecule has 0 unspecified atom stereocenters. The highest BCUT2D eigenvalue weighted by Gasteiger charge is 2.88. The van der Waals surface area contributed by atoms with Gasteiger partial charge in [0.2, 0.25) is 0 Å². The van der Waals surface area contributed by atoms with E-state index in [0.717, 1.165) is 14.0 Å². The number of carbonyl (C=O) groups is 1. The highest BCUT2D eigenvalue weighted by molar-refractivity contribution is 8.38. The minimum Gasteiger partial charge on any atom is -0.306 e. The highest BCUT2D eigenvalue weighted by Crippen LogP contribution is 2.57. The van der Waals surface area contributed by atoms with Crippen LogP contribution in [0.2, 0.25) is 72.0 Å². The van der Waals surface area contributed by atoms with Crippen LogP contribution in [0.5, 0.6) is 0 Å². The van der Waals surface area contributed by atoms with Gasteiger partial charge in [-0.2, -0.15) is 0 Å². The van der Waals surface area contributed by atoms with Gasteiger partial charge in [-0.15, -0.1) is 0 Å². The first-order valence-electron chi connectivity index (χ1n) is 10.2. The van der Waals surface area contributed by atoms with Crippen molar-refractivity contribution in [2.75, 3.05) is 0 Å². The topological polar surface area (TPSA) is 17.1 Å². The van der Waals surface area contributed by atoms with E-state index < -0.39 is 48.8 Å². The molecule has 0 saturated carbocycles. The Labute approximate surface area is 173 Å².